The molecule has 11 heteroatoms. The monoisotopic (exact) mass is 590 g/mol. The smallest absolute Gasteiger partial charge is 0.338 e. The zero-order valence-corrected chi connectivity index (χ0v) is 22.8. The molecule has 1 fully saturated rings. The van der Waals surface area contributed by atoms with E-state index in [0.717, 1.165) is 0 Å². The highest BCUT2D eigenvalue weighted by Crippen LogP contribution is 2.38. The van der Waals surface area contributed by atoms with Gasteiger partial charge in [-0.15, -0.1) is 6.58 Å². The van der Waals surface area contributed by atoms with Crippen LogP contribution in [0, 0.1) is 0 Å². The van der Waals surface area contributed by atoms with Crippen molar-refractivity contribution < 1.29 is 28.6 Å². The first-order valence-electron chi connectivity index (χ1n) is 10.7. The molecule has 0 aliphatic carbocycles. The van der Waals surface area contributed by atoms with E-state index in [1.807, 2.05) is 0 Å². The number of rotatable bonds is 10. The van der Waals surface area contributed by atoms with Crippen molar-refractivity contribution in [2.24, 2.45) is 0 Å². The maximum atomic E-state index is 12.6. The number of nitrogens with zero attached hydrogens (tertiary/aromatic N) is 1. The van der Waals surface area contributed by atoms with E-state index in [4.69, 9.17) is 26.4 Å². The van der Waals surface area contributed by atoms with Gasteiger partial charge in [0.2, 0.25) is 0 Å². The van der Waals surface area contributed by atoms with Crippen molar-refractivity contribution in [2.75, 3.05) is 32.2 Å². The number of hydrogen-bond acceptors (Lipinski definition) is 8. The Hall–Kier alpha value is -3.15. The van der Waals surface area contributed by atoms with E-state index in [1.165, 1.54) is 23.8 Å². The number of thiocarbonyl (C=S) groups is 1. The fourth-order valence-corrected chi connectivity index (χ4v) is 4.81. The second-order valence-corrected chi connectivity index (χ2v) is 9.77. The predicted octanol–water partition coefficient (Wildman–Crippen LogP) is 5.04. The highest BCUT2D eigenvalue weighted by atomic mass is 79.9. The Morgan fingerprint density at radius 3 is 2.58 bits per heavy atom. The molecule has 1 N–H and O–H groups in total. The van der Waals surface area contributed by atoms with E-state index < -0.39 is 11.9 Å². The van der Waals surface area contributed by atoms with Crippen molar-refractivity contribution in [1.82, 2.24) is 4.90 Å². The van der Waals surface area contributed by atoms with Crippen LogP contribution >= 0.6 is 39.9 Å². The molecule has 0 saturated carbocycles. The number of amides is 2. The van der Waals surface area contributed by atoms with Crippen LogP contribution in [0.1, 0.15) is 22.8 Å². The third-order valence-electron chi connectivity index (χ3n) is 4.79. The van der Waals surface area contributed by atoms with E-state index >= 15 is 0 Å². The van der Waals surface area contributed by atoms with Gasteiger partial charge < -0.3 is 19.5 Å². The van der Waals surface area contributed by atoms with Crippen molar-refractivity contribution >= 4 is 73.8 Å². The van der Waals surface area contributed by atoms with E-state index in [-0.39, 0.29) is 19.1 Å². The van der Waals surface area contributed by atoms with Crippen LogP contribution in [0.3, 0.4) is 0 Å². The normalized spacial score (nSPS) is 14.1. The maximum Gasteiger partial charge on any atom is 0.338 e. The first kappa shape index (κ1) is 27.4. The van der Waals surface area contributed by atoms with Crippen LogP contribution in [-0.4, -0.2) is 53.9 Å². The lowest BCUT2D eigenvalue weighted by atomic mass is 10.2. The Bertz CT molecular complexity index is 1230. The Morgan fingerprint density at radius 1 is 1.22 bits per heavy atom. The van der Waals surface area contributed by atoms with E-state index in [9.17, 15) is 14.4 Å². The molecule has 0 radical (unpaired) electrons. The number of methoxy groups -OCH3 is 1. The highest BCUT2D eigenvalue weighted by Gasteiger charge is 2.31. The average molecular weight is 592 g/mol. The second-order valence-electron chi connectivity index (χ2n) is 7.24. The number of esters is 1. The average Bonchev–Trinajstić information content (AvgIpc) is 3.12. The zero-order valence-electron chi connectivity index (χ0n) is 19.5. The molecule has 0 spiro atoms. The number of nitrogens with one attached hydrogen (secondary N) is 1. The minimum atomic E-state index is -0.428. The summed E-state index contributed by atoms with van der Waals surface area (Å²) in [5.74, 6) is -0.288. The summed E-state index contributed by atoms with van der Waals surface area (Å²) in [5, 5.41) is 2.70. The summed E-state index contributed by atoms with van der Waals surface area (Å²) in [6.45, 7) is 5.73. The standard InChI is InChI=1S/C25H23BrN2O6S2/c1-4-10-28-23(30)21(36-25(28)35)12-16-11-19(32-3)20(13-18(16)26)34-14-22(29)27-17-8-6-15(7-9-17)24(31)33-5-2/h4,6-9,11-13H,1,5,10,14H2,2-3H3,(H,27,29)/b21-12+. The quantitative estimate of drug-likeness (QED) is 0.178. The van der Waals surface area contributed by atoms with Gasteiger partial charge in [-0.1, -0.05) is 46.0 Å². The van der Waals surface area contributed by atoms with Gasteiger partial charge >= 0.3 is 5.97 Å². The van der Waals surface area contributed by atoms with Crippen LogP contribution in [0.4, 0.5) is 5.69 Å². The number of carbonyl (C=O) groups is 3. The first-order chi connectivity index (χ1) is 17.3. The van der Waals surface area contributed by atoms with Crippen molar-refractivity contribution in [3.8, 4) is 11.5 Å². The molecular weight excluding hydrogens is 568 g/mol. The number of carbonyl (C=O) groups excluding carboxylic acids is 3. The largest absolute Gasteiger partial charge is 0.493 e. The summed E-state index contributed by atoms with van der Waals surface area (Å²) >= 11 is 9.98. The molecular formula is C25H23BrN2O6S2. The van der Waals surface area contributed by atoms with Crippen LogP contribution in [0.2, 0.25) is 0 Å². The molecule has 1 aliphatic rings. The van der Waals surface area contributed by atoms with Gasteiger partial charge in [0, 0.05) is 16.7 Å². The van der Waals surface area contributed by atoms with E-state index in [2.05, 4.69) is 27.8 Å². The van der Waals surface area contributed by atoms with Crippen molar-refractivity contribution in [1.29, 1.82) is 0 Å². The predicted molar refractivity (Wildman–Crippen MR) is 147 cm³/mol. The van der Waals surface area contributed by atoms with E-state index in [0.29, 0.717) is 48.6 Å². The molecule has 1 heterocycles. The second kappa shape index (κ2) is 12.7. The number of hydrogen-bond donors (Lipinski definition) is 1. The van der Waals surface area contributed by atoms with Crippen molar-refractivity contribution in [3.05, 3.63) is 69.6 Å². The molecule has 3 rings (SSSR count). The van der Waals surface area contributed by atoms with Gasteiger partial charge in [-0.05, 0) is 55.0 Å². The molecule has 1 aliphatic heterocycles. The Labute approximate surface area is 226 Å². The van der Waals surface area contributed by atoms with Gasteiger partial charge in [0.15, 0.2) is 18.1 Å². The first-order valence-corrected chi connectivity index (χ1v) is 12.7. The maximum absolute atomic E-state index is 12.6. The van der Waals surface area contributed by atoms with Crippen LogP contribution in [-0.2, 0) is 14.3 Å². The minimum Gasteiger partial charge on any atom is -0.493 e. The molecule has 0 aromatic heterocycles. The third-order valence-corrected chi connectivity index (χ3v) is 6.86. The number of anilines is 1. The summed E-state index contributed by atoms with van der Waals surface area (Å²) in [6.07, 6.45) is 3.33. The van der Waals surface area contributed by atoms with E-state index in [1.54, 1.807) is 55.5 Å². The lowest BCUT2D eigenvalue weighted by Crippen LogP contribution is -2.27. The van der Waals surface area contributed by atoms with Crippen LogP contribution < -0.4 is 14.8 Å². The van der Waals surface area contributed by atoms with Crippen LogP contribution in [0.5, 0.6) is 11.5 Å². The highest BCUT2D eigenvalue weighted by molar-refractivity contribution is 9.10. The summed E-state index contributed by atoms with van der Waals surface area (Å²) in [7, 11) is 1.48. The molecule has 2 amide bonds. The number of benzene rings is 2. The molecule has 1 saturated heterocycles. The van der Waals surface area contributed by atoms with Gasteiger partial charge in [0.05, 0.1) is 24.2 Å². The van der Waals surface area contributed by atoms with Gasteiger partial charge in [-0.2, -0.15) is 0 Å². The molecule has 0 unspecified atom stereocenters. The number of ether oxygens (including phenoxy) is 3. The van der Waals surface area contributed by atoms with Crippen molar-refractivity contribution in [2.45, 2.75) is 6.92 Å². The van der Waals surface area contributed by atoms with Crippen molar-refractivity contribution in [3.63, 3.8) is 0 Å². The fraction of sp³-hybridized carbons (Fsp3) is 0.200. The fourth-order valence-electron chi connectivity index (χ4n) is 3.11. The summed E-state index contributed by atoms with van der Waals surface area (Å²) < 4.78 is 17.2. The van der Waals surface area contributed by atoms with Crippen LogP contribution in [0.15, 0.2) is 58.4 Å². The molecule has 0 bridgehead atoms. The Morgan fingerprint density at radius 2 is 1.94 bits per heavy atom. The van der Waals surface area contributed by atoms with Gasteiger partial charge in [0.25, 0.3) is 11.8 Å². The SMILES string of the molecule is C=CCN1C(=O)/C(=C\c2cc(OC)c(OCC(=O)Nc3ccc(C(=O)OCC)cc3)cc2Br)SC1=S. The summed E-state index contributed by atoms with van der Waals surface area (Å²) in [4.78, 5) is 38.7. The van der Waals surface area contributed by atoms with Crippen LogP contribution in [0.25, 0.3) is 6.08 Å². The molecule has 2 aromatic carbocycles. The van der Waals surface area contributed by atoms with Gasteiger partial charge in [0.1, 0.15) is 4.32 Å². The van der Waals surface area contributed by atoms with Gasteiger partial charge in [-0.25, -0.2) is 4.79 Å². The lowest BCUT2D eigenvalue weighted by molar-refractivity contribution is -0.121. The summed E-state index contributed by atoms with van der Waals surface area (Å²) in [5.41, 5.74) is 1.59. The molecule has 8 nitrogen and oxygen atoms in total. The molecule has 188 valence electrons. The summed E-state index contributed by atoms with van der Waals surface area (Å²) in [6, 6.07) is 9.71. The number of halogens is 1. The lowest BCUT2D eigenvalue weighted by Gasteiger charge is -2.13. The molecule has 2 aromatic rings. The Kier molecular flexibility index (Phi) is 9.68. The molecule has 0 atom stereocenters. The molecule has 36 heavy (non-hydrogen) atoms. The third kappa shape index (κ3) is 6.74. The minimum absolute atomic E-state index is 0.192. The number of thioether (sulfide) groups is 1. The topological polar surface area (TPSA) is 94.2 Å². The van der Waals surface area contributed by atoms with Gasteiger partial charge in [-0.3, -0.25) is 14.5 Å². The zero-order chi connectivity index (χ0) is 26.2. The Balaban J connectivity index is 1.67.